The van der Waals surface area contributed by atoms with E-state index < -0.39 is 0 Å². The largest absolute Gasteiger partial charge is 0.334 e. The van der Waals surface area contributed by atoms with E-state index in [4.69, 9.17) is 4.52 Å². The van der Waals surface area contributed by atoms with Crippen molar-refractivity contribution in [2.45, 2.75) is 46.0 Å². The molecule has 0 fully saturated rings. The van der Waals surface area contributed by atoms with Crippen LogP contribution < -0.4 is 0 Å². The van der Waals surface area contributed by atoms with Crippen LogP contribution in [0.15, 0.2) is 47.2 Å². The van der Waals surface area contributed by atoms with Crippen LogP contribution in [0.25, 0.3) is 22.8 Å². The summed E-state index contributed by atoms with van der Waals surface area (Å²) in [5.74, 6) is 1.57. The molecular formula is C20H23N3O. The SMILES string of the molecule is CC(C)c1cc(-c2nc(-c3ccncc3)no2)cc(C(C)(C)C)c1. The molecule has 0 unspecified atom stereocenters. The van der Waals surface area contributed by atoms with Crippen molar-refractivity contribution in [2.75, 3.05) is 0 Å². The molecule has 0 aliphatic rings. The number of benzene rings is 1. The van der Waals surface area contributed by atoms with Crippen molar-refractivity contribution in [1.82, 2.24) is 15.1 Å². The Labute approximate surface area is 143 Å². The van der Waals surface area contributed by atoms with E-state index in [2.05, 4.69) is 67.9 Å². The summed E-state index contributed by atoms with van der Waals surface area (Å²) in [6, 6.07) is 10.3. The maximum atomic E-state index is 5.53. The van der Waals surface area contributed by atoms with Crippen molar-refractivity contribution in [1.29, 1.82) is 0 Å². The van der Waals surface area contributed by atoms with E-state index in [-0.39, 0.29) is 5.41 Å². The molecule has 4 heteroatoms. The predicted octanol–water partition coefficient (Wildman–Crippen LogP) is 5.22. The quantitative estimate of drug-likeness (QED) is 0.663. The first kappa shape index (κ1) is 16.4. The van der Waals surface area contributed by atoms with Crippen LogP contribution in [0, 0.1) is 0 Å². The van der Waals surface area contributed by atoms with Crippen LogP contribution in [0.4, 0.5) is 0 Å². The van der Waals surface area contributed by atoms with Crippen molar-refractivity contribution in [2.24, 2.45) is 0 Å². The van der Waals surface area contributed by atoms with Gasteiger partial charge < -0.3 is 4.52 Å². The molecule has 3 rings (SSSR count). The third-order valence-corrected chi connectivity index (χ3v) is 4.10. The molecule has 1 aromatic carbocycles. The minimum atomic E-state index is 0.0631. The lowest BCUT2D eigenvalue weighted by Crippen LogP contribution is -2.12. The number of nitrogens with zero attached hydrogens (tertiary/aromatic N) is 3. The molecule has 0 N–H and O–H groups in total. The molecule has 0 aliphatic carbocycles. The minimum Gasteiger partial charge on any atom is -0.334 e. The normalized spacial score (nSPS) is 11.9. The van der Waals surface area contributed by atoms with Gasteiger partial charge in [0.2, 0.25) is 5.82 Å². The lowest BCUT2D eigenvalue weighted by atomic mass is 9.83. The third-order valence-electron chi connectivity index (χ3n) is 4.10. The summed E-state index contributed by atoms with van der Waals surface area (Å²) in [4.78, 5) is 8.59. The molecule has 3 aromatic rings. The topological polar surface area (TPSA) is 51.8 Å². The van der Waals surface area contributed by atoms with Gasteiger partial charge in [0.1, 0.15) is 0 Å². The standard InChI is InChI=1S/C20H23N3O/c1-13(2)15-10-16(12-17(11-15)20(3,4)5)19-22-18(23-24-19)14-6-8-21-9-7-14/h6-13H,1-5H3. The Balaban J connectivity index is 2.06. The zero-order valence-electron chi connectivity index (χ0n) is 14.9. The van der Waals surface area contributed by atoms with Crippen LogP contribution in [-0.2, 0) is 5.41 Å². The molecule has 24 heavy (non-hydrogen) atoms. The monoisotopic (exact) mass is 321 g/mol. The van der Waals surface area contributed by atoms with Gasteiger partial charge in [-0.1, -0.05) is 45.8 Å². The average Bonchev–Trinajstić information content (AvgIpc) is 3.04. The zero-order valence-corrected chi connectivity index (χ0v) is 14.9. The highest BCUT2D eigenvalue weighted by Gasteiger charge is 2.19. The van der Waals surface area contributed by atoms with Gasteiger partial charge in [-0.2, -0.15) is 4.98 Å². The highest BCUT2D eigenvalue weighted by molar-refractivity contribution is 5.61. The van der Waals surface area contributed by atoms with Crippen molar-refractivity contribution in [3.63, 3.8) is 0 Å². The van der Waals surface area contributed by atoms with Crippen LogP contribution in [0.1, 0.15) is 51.7 Å². The Morgan fingerprint density at radius 2 is 1.67 bits per heavy atom. The van der Waals surface area contributed by atoms with Gasteiger partial charge in [-0.3, -0.25) is 4.98 Å². The first-order valence-electron chi connectivity index (χ1n) is 8.24. The van der Waals surface area contributed by atoms with Gasteiger partial charge in [-0.15, -0.1) is 0 Å². The van der Waals surface area contributed by atoms with Gasteiger partial charge in [0.15, 0.2) is 0 Å². The van der Waals surface area contributed by atoms with Crippen LogP contribution in [0.2, 0.25) is 0 Å². The number of pyridine rings is 1. The van der Waals surface area contributed by atoms with E-state index in [9.17, 15) is 0 Å². The molecule has 0 saturated carbocycles. The van der Waals surface area contributed by atoms with Crippen molar-refractivity contribution >= 4 is 0 Å². The Kier molecular flexibility index (Phi) is 4.22. The molecule has 2 heterocycles. The molecule has 0 radical (unpaired) electrons. The lowest BCUT2D eigenvalue weighted by Gasteiger charge is -2.21. The van der Waals surface area contributed by atoms with E-state index in [0.717, 1.165) is 11.1 Å². The Bertz CT molecular complexity index is 830. The van der Waals surface area contributed by atoms with E-state index in [0.29, 0.717) is 17.6 Å². The summed E-state index contributed by atoms with van der Waals surface area (Å²) in [5, 5.41) is 4.12. The maximum Gasteiger partial charge on any atom is 0.258 e. The fourth-order valence-electron chi connectivity index (χ4n) is 2.50. The molecule has 0 saturated heterocycles. The van der Waals surface area contributed by atoms with Crippen molar-refractivity contribution in [3.8, 4) is 22.8 Å². The number of hydrogen-bond acceptors (Lipinski definition) is 4. The number of hydrogen-bond donors (Lipinski definition) is 0. The predicted molar refractivity (Wildman–Crippen MR) is 95.8 cm³/mol. The Hall–Kier alpha value is -2.49. The second-order valence-corrected chi connectivity index (χ2v) is 7.41. The second-order valence-electron chi connectivity index (χ2n) is 7.41. The highest BCUT2D eigenvalue weighted by Crippen LogP contribution is 2.31. The summed E-state index contributed by atoms with van der Waals surface area (Å²) in [5.41, 5.74) is 4.48. The summed E-state index contributed by atoms with van der Waals surface area (Å²) < 4.78 is 5.53. The van der Waals surface area contributed by atoms with Crippen LogP contribution >= 0.6 is 0 Å². The smallest absolute Gasteiger partial charge is 0.258 e. The summed E-state index contributed by atoms with van der Waals surface area (Å²) in [7, 11) is 0. The molecule has 4 nitrogen and oxygen atoms in total. The second kappa shape index (κ2) is 6.19. The summed E-state index contributed by atoms with van der Waals surface area (Å²) >= 11 is 0. The number of aromatic nitrogens is 3. The first-order chi connectivity index (χ1) is 11.3. The molecule has 0 atom stereocenters. The molecule has 0 bridgehead atoms. The first-order valence-corrected chi connectivity index (χ1v) is 8.24. The van der Waals surface area contributed by atoms with Gasteiger partial charge in [0.05, 0.1) is 0 Å². The lowest BCUT2D eigenvalue weighted by molar-refractivity contribution is 0.432. The molecule has 0 spiro atoms. The van der Waals surface area contributed by atoms with Gasteiger partial charge in [-0.05, 0) is 46.7 Å². The Morgan fingerprint density at radius 1 is 0.958 bits per heavy atom. The van der Waals surface area contributed by atoms with E-state index in [1.165, 1.54) is 11.1 Å². The van der Waals surface area contributed by atoms with E-state index >= 15 is 0 Å². The molecule has 2 aromatic heterocycles. The third kappa shape index (κ3) is 3.37. The van der Waals surface area contributed by atoms with Gasteiger partial charge in [0.25, 0.3) is 5.89 Å². The Morgan fingerprint density at radius 3 is 2.29 bits per heavy atom. The highest BCUT2D eigenvalue weighted by atomic mass is 16.5. The molecule has 0 amide bonds. The van der Waals surface area contributed by atoms with Crippen molar-refractivity contribution in [3.05, 3.63) is 53.9 Å². The molecular weight excluding hydrogens is 298 g/mol. The van der Waals surface area contributed by atoms with E-state index in [1.807, 2.05) is 12.1 Å². The fraction of sp³-hybridized carbons (Fsp3) is 0.350. The number of rotatable bonds is 3. The fourth-order valence-corrected chi connectivity index (χ4v) is 2.50. The van der Waals surface area contributed by atoms with Crippen LogP contribution in [-0.4, -0.2) is 15.1 Å². The minimum absolute atomic E-state index is 0.0631. The summed E-state index contributed by atoms with van der Waals surface area (Å²) in [6.45, 7) is 11.0. The van der Waals surface area contributed by atoms with Crippen LogP contribution in [0.3, 0.4) is 0 Å². The van der Waals surface area contributed by atoms with Crippen molar-refractivity contribution < 1.29 is 4.52 Å². The average molecular weight is 321 g/mol. The summed E-state index contributed by atoms with van der Waals surface area (Å²) in [6.07, 6.45) is 3.45. The van der Waals surface area contributed by atoms with Gasteiger partial charge in [-0.25, -0.2) is 0 Å². The molecule has 124 valence electrons. The van der Waals surface area contributed by atoms with Gasteiger partial charge in [0, 0.05) is 23.5 Å². The zero-order chi connectivity index (χ0) is 17.3. The van der Waals surface area contributed by atoms with Gasteiger partial charge >= 0.3 is 0 Å². The maximum absolute atomic E-state index is 5.53. The van der Waals surface area contributed by atoms with Crippen LogP contribution in [0.5, 0.6) is 0 Å². The van der Waals surface area contributed by atoms with E-state index in [1.54, 1.807) is 12.4 Å². The molecule has 0 aliphatic heterocycles.